The van der Waals surface area contributed by atoms with Gasteiger partial charge in [0.1, 0.15) is 0 Å². The number of nitrogens with zero attached hydrogens (tertiary/aromatic N) is 1. The molecule has 0 saturated heterocycles. The molecule has 0 radical (unpaired) electrons. The van der Waals surface area contributed by atoms with Crippen molar-refractivity contribution in [3.63, 3.8) is 0 Å². The second-order valence-corrected chi connectivity index (χ2v) is 6.66. The van der Waals surface area contributed by atoms with Crippen molar-refractivity contribution in [1.82, 2.24) is 10.3 Å². The van der Waals surface area contributed by atoms with Crippen LogP contribution >= 0.6 is 23.1 Å². The van der Waals surface area contributed by atoms with Crippen molar-refractivity contribution in [2.75, 3.05) is 12.3 Å². The van der Waals surface area contributed by atoms with Gasteiger partial charge in [-0.25, -0.2) is 4.98 Å². The molecule has 0 spiro atoms. The number of rotatable bonds is 7. The minimum absolute atomic E-state index is 0.0645. The van der Waals surface area contributed by atoms with Crippen LogP contribution in [0, 0.1) is 6.92 Å². The first-order valence-corrected chi connectivity index (χ1v) is 8.66. The SMILES string of the molecule is Cc1nc(/C=C/C(=O)NCCCSc2ccccc2)cs1. The first-order valence-electron chi connectivity index (χ1n) is 6.80. The third-order valence-corrected chi connectivity index (χ3v) is 4.56. The fourth-order valence-electron chi connectivity index (χ4n) is 1.67. The Kier molecular flexibility index (Phi) is 6.50. The molecule has 1 N–H and O–H groups in total. The molecule has 0 aliphatic carbocycles. The summed E-state index contributed by atoms with van der Waals surface area (Å²) in [5.74, 6) is 0.935. The number of aromatic nitrogens is 1. The zero-order valence-corrected chi connectivity index (χ0v) is 13.5. The van der Waals surface area contributed by atoms with Gasteiger partial charge in [-0.2, -0.15) is 0 Å². The van der Waals surface area contributed by atoms with E-state index in [0.29, 0.717) is 6.54 Å². The van der Waals surface area contributed by atoms with Gasteiger partial charge in [0.05, 0.1) is 10.7 Å². The number of hydrogen-bond donors (Lipinski definition) is 1. The first-order chi connectivity index (χ1) is 10.2. The molecule has 21 heavy (non-hydrogen) atoms. The molecule has 110 valence electrons. The Balaban J connectivity index is 1.60. The van der Waals surface area contributed by atoms with Crippen LogP contribution in [0.25, 0.3) is 6.08 Å². The van der Waals surface area contributed by atoms with E-state index in [-0.39, 0.29) is 5.91 Å². The van der Waals surface area contributed by atoms with Crippen molar-refractivity contribution in [1.29, 1.82) is 0 Å². The van der Waals surface area contributed by atoms with E-state index in [0.717, 1.165) is 22.9 Å². The highest BCUT2D eigenvalue weighted by Crippen LogP contribution is 2.17. The zero-order chi connectivity index (χ0) is 14.9. The normalized spacial score (nSPS) is 10.9. The van der Waals surface area contributed by atoms with Crippen molar-refractivity contribution in [3.8, 4) is 0 Å². The van der Waals surface area contributed by atoms with Gasteiger partial charge in [-0.15, -0.1) is 23.1 Å². The van der Waals surface area contributed by atoms with E-state index in [9.17, 15) is 4.79 Å². The number of amides is 1. The molecule has 2 aromatic rings. The van der Waals surface area contributed by atoms with Crippen LogP contribution in [0.5, 0.6) is 0 Å². The van der Waals surface area contributed by atoms with E-state index < -0.39 is 0 Å². The van der Waals surface area contributed by atoms with Crippen molar-refractivity contribution in [2.45, 2.75) is 18.2 Å². The fraction of sp³-hybridized carbons (Fsp3) is 0.250. The topological polar surface area (TPSA) is 42.0 Å². The van der Waals surface area contributed by atoms with Gasteiger partial charge in [0.15, 0.2) is 0 Å². The molecule has 0 aliphatic heterocycles. The Hall–Kier alpha value is -1.59. The van der Waals surface area contributed by atoms with Gasteiger partial charge in [-0.3, -0.25) is 4.79 Å². The van der Waals surface area contributed by atoms with Gasteiger partial charge in [-0.1, -0.05) is 18.2 Å². The number of carbonyl (C=O) groups excluding carboxylic acids is 1. The summed E-state index contributed by atoms with van der Waals surface area (Å²) >= 11 is 3.39. The van der Waals surface area contributed by atoms with E-state index in [1.165, 1.54) is 4.90 Å². The molecular formula is C16H18N2OS2. The zero-order valence-electron chi connectivity index (χ0n) is 11.9. The number of aryl methyl sites for hydroxylation is 1. The Morgan fingerprint density at radius 1 is 1.38 bits per heavy atom. The third kappa shape index (κ3) is 6.14. The minimum atomic E-state index is -0.0645. The van der Waals surface area contributed by atoms with Crippen LogP contribution in [-0.4, -0.2) is 23.2 Å². The van der Waals surface area contributed by atoms with Gasteiger partial charge < -0.3 is 5.32 Å². The lowest BCUT2D eigenvalue weighted by Gasteiger charge is -2.02. The lowest BCUT2D eigenvalue weighted by atomic mass is 10.4. The summed E-state index contributed by atoms with van der Waals surface area (Å²) in [5, 5.41) is 5.83. The Bertz CT molecular complexity index is 593. The highest BCUT2D eigenvalue weighted by atomic mass is 32.2. The van der Waals surface area contributed by atoms with Gasteiger partial charge in [0.25, 0.3) is 0 Å². The van der Waals surface area contributed by atoms with Gasteiger partial charge in [0, 0.05) is 22.9 Å². The van der Waals surface area contributed by atoms with Gasteiger partial charge in [-0.05, 0) is 37.3 Å². The second kappa shape index (κ2) is 8.64. The number of carbonyl (C=O) groups is 1. The summed E-state index contributed by atoms with van der Waals surface area (Å²) in [7, 11) is 0. The van der Waals surface area contributed by atoms with E-state index in [1.807, 2.05) is 42.3 Å². The molecule has 2 rings (SSSR count). The van der Waals surface area contributed by atoms with Gasteiger partial charge >= 0.3 is 0 Å². The molecule has 1 heterocycles. The summed E-state index contributed by atoms with van der Waals surface area (Å²) in [5.41, 5.74) is 0.840. The standard InChI is InChI=1S/C16H18N2OS2/c1-13-18-14(12-21-13)8-9-16(19)17-10-5-11-20-15-6-3-2-4-7-15/h2-4,6-9,12H,5,10-11H2,1H3,(H,17,19)/b9-8+. The molecule has 0 bridgehead atoms. The smallest absolute Gasteiger partial charge is 0.244 e. The quantitative estimate of drug-likeness (QED) is 0.480. The summed E-state index contributed by atoms with van der Waals surface area (Å²) in [6, 6.07) is 10.3. The largest absolute Gasteiger partial charge is 0.353 e. The average Bonchev–Trinajstić information content (AvgIpc) is 2.91. The average molecular weight is 318 g/mol. The lowest BCUT2D eigenvalue weighted by molar-refractivity contribution is -0.116. The van der Waals surface area contributed by atoms with E-state index in [4.69, 9.17) is 0 Å². The molecule has 0 atom stereocenters. The third-order valence-electron chi connectivity index (χ3n) is 2.67. The fourth-order valence-corrected chi connectivity index (χ4v) is 3.12. The Labute approximate surface area is 133 Å². The molecule has 5 heteroatoms. The maximum atomic E-state index is 11.6. The maximum absolute atomic E-state index is 11.6. The molecular weight excluding hydrogens is 300 g/mol. The lowest BCUT2D eigenvalue weighted by Crippen LogP contribution is -2.22. The van der Waals surface area contributed by atoms with Crippen LogP contribution in [0.15, 0.2) is 46.7 Å². The number of thioether (sulfide) groups is 1. The number of nitrogens with one attached hydrogen (secondary N) is 1. The minimum Gasteiger partial charge on any atom is -0.353 e. The monoisotopic (exact) mass is 318 g/mol. The summed E-state index contributed by atoms with van der Waals surface area (Å²) < 4.78 is 0. The highest BCUT2D eigenvalue weighted by Gasteiger charge is 1.98. The summed E-state index contributed by atoms with van der Waals surface area (Å²) in [6.07, 6.45) is 4.24. The highest BCUT2D eigenvalue weighted by molar-refractivity contribution is 7.99. The molecule has 0 aliphatic rings. The van der Waals surface area contributed by atoms with E-state index in [1.54, 1.807) is 23.5 Å². The van der Waals surface area contributed by atoms with Crippen molar-refractivity contribution >= 4 is 35.1 Å². The molecule has 0 unspecified atom stereocenters. The van der Waals surface area contributed by atoms with Crippen LogP contribution in [0.1, 0.15) is 17.1 Å². The predicted octanol–water partition coefficient (Wildman–Crippen LogP) is 3.76. The van der Waals surface area contributed by atoms with Crippen molar-refractivity contribution in [2.24, 2.45) is 0 Å². The Morgan fingerprint density at radius 2 is 2.19 bits per heavy atom. The number of thiazole rings is 1. The summed E-state index contributed by atoms with van der Waals surface area (Å²) in [4.78, 5) is 17.2. The van der Waals surface area contributed by atoms with Crippen LogP contribution in [0.3, 0.4) is 0 Å². The maximum Gasteiger partial charge on any atom is 0.244 e. The van der Waals surface area contributed by atoms with Crippen molar-refractivity contribution in [3.05, 3.63) is 52.5 Å². The molecule has 0 saturated carbocycles. The molecule has 3 nitrogen and oxygen atoms in total. The van der Waals surface area contributed by atoms with Crippen LogP contribution in [-0.2, 0) is 4.79 Å². The Morgan fingerprint density at radius 3 is 2.90 bits per heavy atom. The number of benzene rings is 1. The molecule has 1 amide bonds. The molecule has 1 aromatic heterocycles. The van der Waals surface area contributed by atoms with Crippen LogP contribution < -0.4 is 5.32 Å². The predicted molar refractivity (Wildman–Crippen MR) is 90.7 cm³/mol. The van der Waals surface area contributed by atoms with Crippen LogP contribution in [0.4, 0.5) is 0 Å². The summed E-state index contributed by atoms with van der Waals surface area (Å²) in [6.45, 7) is 2.64. The van der Waals surface area contributed by atoms with Crippen molar-refractivity contribution < 1.29 is 4.79 Å². The van der Waals surface area contributed by atoms with Gasteiger partial charge in [0.2, 0.25) is 5.91 Å². The molecule has 0 fully saturated rings. The van der Waals surface area contributed by atoms with E-state index in [2.05, 4.69) is 22.4 Å². The molecule has 1 aromatic carbocycles. The number of hydrogen-bond acceptors (Lipinski definition) is 4. The first kappa shape index (κ1) is 15.8. The van der Waals surface area contributed by atoms with E-state index >= 15 is 0 Å². The second-order valence-electron chi connectivity index (χ2n) is 4.43. The van der Waals surface area contributed by atoms with Crippen LogP contribution in [0.2, 0.25) is 0 Å².